The van der Waals surface area contributed by atoms with Crippen LogP contribution in [0.25, 0.3) is 0 Å². The topological polar surface area (TPSA) is 138 Å². The van der Waals surface area contributed by atoms with Crippen LogP contribution in [0.3, 0.4) is 0 Å². The predicted octanol–water partition coefficient (Wildman–Crippen LogP) is 2.38. The molecular formula is C20H19ClN6O5S. The van der Waals surface area contributed by atoms with Gasteiger partial charge in [-0.05, 0) is 30.3 Å². The van der Waals surface area contributed by atoms with Gasteiger partial charge in [-0.1, -0.05) is 23.4 Å². The number of methoxy groups -OCH3 is 1. The number of aliphatic imine (C=N–C) groups is 1. The molecule has 1 saturated heterocycles. The maximum atomic E-state index is 13.2. The van der Waals surface area contributed by atoms with Crippen LogP contribution in [0.1, 0.15) is 0 Å². The van der Waals surface area contributed by atoms with Gasteiger partial charge in [0.15, 0.2) is 5.17 Å². The lowest BCUT2D eigenvalue weighted by atomic mass is 10.0. The molecule has 2 aliphatic rings. The summed E-state index contributed by atoms with van der Waals surface area (Å²) in [6.07, 6.45) is -0.429. The molecule has 2 aromatic rings. The van der Waals surface area contributed by atoms with Crippen molar-refractivity contribution >= 4 is 57.4 Å². The smallest absolute Gasteiger partial charge is 0.271 e. The van der Waals surface area contributed by atoms with Crippen molar-refractivity contribution < 1.29 is 19.2 Å². The average Bonchev–Trinajstić information content (AvgIpc) is 3.28. The Balaban J connectivity index is 1.50. The molecule has 0 radical (unpaired) electrons. The molecule has 172 valence electrons. The highest BCUT2D eigenvalue weighted by molar-refractivity contribution is 8.14. The summed E-state index contributed by atoms with van der Waals surface area (Å²) >= 11 is 7.14. The highest BCUT2D eigenvalue weighted by Gasteiger charge is 2.42. The highest BCUT2D eigenvalue weighted by Crippen LogP contribution is 2.31. The average molecular weight is 491 g/mol. The van der Waals surface area contributed by atoms with Crippen LogP contribution in [0.4, 0.5) is 17.1 Å². The second kappa shape index (κ2) is 9.75. The zero-order chi connectivity index (χ0) is 23.5. The highest BCUT2D eigenvalue weighted by atomic mass is 35.5. The Bertz CT molecular complexity index is 1130. The third-order valence-electron chi connectivity index (χ3n) is 5.03. The van der Waals surface area contributed by atoms with Crippen LogP contribution in [0.2, 0.25) is 5.02 Å². The van der Waals surface area contributed by atoms with Crippen LogP contribution in [0.15, 0.2) is 47.5 Å². The molecule has 33 heavy (non-hydrogen) atoms. The van der Waals surface area contributed by atoms with Crippen LogP contribution in [-0.4, -0.2) is 47.5 Å². The minimum absolute atomic E-state index is 0.0525. The van der Waals surface area contributed by atoms with Crippen LogP contribution in [-0.2, 0) is 9.59 Å². The summed E-state index contributed by atoms with van der Waals surface area (Å²) in [5, 5.41) is 13.9. The standard InChI is InChI=1S/C20H19ClN6O5S/c1-32-13-5-2-11(3-6-13)26-19(29)14-9-22-25-18(14)24-20(26)33-10-17(28)23-16-7-4-12(27(30)31)8-15(16)21/h2-8,14,18,22,25H,9-10H2,1H3,(H,23,28). The summed E-state index contributed by atoms with van der Waals surface area (Å²) in [6.45, 7) is 0.441. The van der Waals surface area contributed by atoms with Crippen molar-refractivity contribution in [3.8, 4) is 5.75 Å². The molecule has 1 fully saturated rings. The molecule has 2 atom stereocenters. The number of ether oxygens (including phenoxy) is 1. The van der Waals surface area contributed by atoms with Gasteiger partial charge >= 0.3 is 0 Å². The van der Waals surface area contributed by atoms with E-state index in [4.69, 9.17) is 16.3 Å². The number of non-ortho nitro benzene ring substituents is 1. The molecule has 3 N–H and O–H groups in total. The molecule has 11 nitrogen and oxygen atoms in total. The number of carbonyl (C=O) groups excluding carboxylic acids is 2. The van der Waals surface area contributed by atoms with E-state index < -0.39 is 17.0 Å². The number of amidine groups is 1. The van der Waals surface area contributed by atoms with Gasteiger partial charge in [0, 0.05) is 18.7 Å². The third-order valence-corrected chi connectivity index (χ3v) is 6.30. The van der Waals surface area contributed by atoms with E-state index in [1.54, 1.807) is 31.4 Å². The van der Waals surface area contributed by atoms with Crippen molar-refractivity contribution in [1.82, 2.24) is 10.9 Å². The van der Waals surface area contributed by atoms with Crippen LogP contribution in [0.5, 0.6) is 5.75 Å². The first-order chi connectivity index (χ1) is 15.9. The Labute approximate surface area is 197 Å². The van der Waals surface area contributed by atoms with Crippen LogP contribution in [0, 0.1) is 16.0 Å². The molecule has 4 rings (SSSR count). The minimum atomic E-state index is -0.571. The fourth-order valence-electron chi connectivity index (χ4n) is 3.37. The lowest BCUT2D eigenvalue weighted by Crippen LogP contribution is -2.49. The van der Waals surface area contributed by atoms with Gasteiger partial charge in [-0.15, -0.1) is 0 Å². The second-order valence-electron chi connectivity index (χ2n) is 7.12. The minimum Gasteiger partial charge on any atom is -0.497 e. The van der Waals surface area contributed by atoms with Crippen molar-refractivity contribution in [3.05, 3.63) is 57.6 Å². The van der Waals surface area contributed by atoms with Crippen molar-refractivity contribution in [2.24, 2.45) is 10.9 Å². The number of carbonyl (C=O) groups is 2. The van der Waals surface area contributed by atoms with Gasteiger partial charge in [0.25, 0.3) is 5.69 Å². The van der Waals surface area contributed by atoms with E-state index in [1.807, 2.05) is 0 Å². The number of nitrogens with one attached hydrogen (secondary N) is 3. The number of rotatable bonds is 6. The molecule has 2 unspecified atom stereocenters. The number of halogens is 1. The van der Waals surface area contributed by atoms with Crippen molar-refractivity contribution in [3.63, 3.8) is 0 Å². The van der Waals surface area contributed by atoms with Gasteiger partial charge in [-0.25, -0.2) is 10.4 Å². The number of nitrogens with zero attached hydrogens (tertiary/aromatic N) is 3. The van der Waals surface area contributed by atoms with E-state index in [2.05, 4.69) is 21.2 Å². The van der Waals surface area contributed by atoms with E-state index in [-0.39, 0.29) is 34.0 Å². The third kappa shape index (κ3) is 4.93. The van der Waals surface area contributed by atoms with Crippen molar-refractivity contribution in [2.75, 3.05) is 29.6 Å². The van der Waals surface area contributed by atoms with Crippen LogP contribution < -0.4 is 25.8 Å². The molecule has 0 aromatic heterocycles. The van der Waals surface area contributed by atoms with Gasteiger partial charge in [0.2, 0.25) is 11.8 Å². The molecule has 2 amide bonds. The molecule has 2 heterocycles. The number of thioether (sulfide) groups is 1. The lowest BCUT2D eigenvalue weighted by Gasteiger charge is -2.32. The normalized spacial score (nSPS) is 19.6. The van der Waals surface area contributed by atoms with E-state index >= 15 is 0 Å². The number of amides is 2. The summed E-state index contributed by atoms with van der Waals surface area (Å²) in [5.74, 6) is -0.323. The number of benzene rings is 2. The van der Waals surface area contributed by atoms with E-state index in [0.717, 1.165) is 11.8 Å². The molecule has 2 aliphatic heterocycles. The Kier molecular flexibility index (Phi) is 6.79. The van der Waals surface area contributed by atoms with Gasteiger partial charge in [0.05, 0.1) is 40.1 Å². The molecule has 0 aliphatic carbocycles. The van der Waals surface area contributed by atoms with Crippen molar-refractivity contribution in [2.45, 2.75) is 6.17 Å². The monoisotopic (exact) mass is 490 g/mol. The Hall–Kier alpha value is -3.19. The number of hydrazine groups is 1. The lowest BCUT2D eigenvalue weighted by molar-refractivity contribution is -0.384. The fraction of sp³-hybridized carbons (Fsp3) is 0.250. The first-order valence-corrected chi connectivity index (χ1v) is 11.1. The number of anilines is 2. The number of hydrogen-bond donors (Lipinski definition) is 3. The van der Waals surface area contributed by atoms with Gasteiger partial charge in [-0.2, -0.15) is 0 Å². The van der Waals surface area contributed by atoms with E-state index in [9.17, 15) is 19.7 Å². The number of hydrogen-bond acceptors (Lipinski definition) is 9. The molecular weight excluding hydrogens is 472 g/mol. The Morgan fingerprint density at radius 3 is 2.79 bits per heavy atom. The summed E-state index contributed by atoms with van der Waals surface area (Å²) in [5.41, 5.74) is 6.60. The number of nitro benzene ring substituents is 1. The van der Waals surface area contributed by atoms with Crippen LogP contribution >= 0.6 is 23.4 Å². The second-order valence-corrected chi connectivity index (χ2v) is 8.47. The number of nitro groups is 1. The molecule has 0 saturated carbocycles. The largest absolute Gasteiger partial charge is 0.497 e. The first-order valence-electron chi connectivity index (χ1n) is 9.78. The van der Waals surface area contributed by atoms with E-state index in [1.165, 1.54) is 23.1 Å². The van der Waals surface area contributed by atoms with Gasteiger partial charge in [0.1, 0.15) is 11.9 Å². The van der Waals surface area contributed by atoms with E-state index in [0.29, 0.717) is 23.1 Å². The molecule has 2 aromatic carbocycles. The SMILES string of the molecule is COc1ccc(N2C(=O)C3CNNC3N=C2SCC(=O)Nc2ccc([N+](=O)[O-])cc2Cl)cc1. The predicted molar refractivity (Wildman–Crippen MR) is 126 cm³/mol. The maximum absolute atomic E-state index is 13.2. The summed E-state index contributed by atoms with van der Waals surface area (Å²) in [6, 6.07) is 10.8. The van der Waals surface area contributed by atoms with Gasteiger partial charge < -0.3 is 10.1 Å². The first kappa shape index (κ1) is 23.0. The Morgan fingerprint density at radius 2 is 2.12 bits per heavy atom. The molecule has 13 heteroatoms. The van der Waals surface area contributed by atoms with Gasteiger partial charge in [-0.3, -0.25) is 30.0 Å². The number of fused-ring (bicyclic) bond motifs is 1. The maximum Gasteiger partial charge on any atom is 0.271 e. The Morgan fingerprint density at radius 1 is 1.36 bits per heavy atom. The van der Waals surface area contributed by atoms with Crippen molar-refractivity contribution in [1.29, 1.82) is 0 Å². The fourth-order valence-corrected chi connectivity index (χ4v) is 4.44. The molecule has 0 spiro atoms. The summed E-state index contributed by atoms with van der Waals surface area (Å²) < 4.78 is 5.19. The summed E-state index contributed by atoms with van der Waals surface area (Å²) in [7, 11) is 1.56. The molecule has 0 bridgehead atoms. The zero-order valence-electron chi connectivity index (χ0n) is 17.3. The zero-order valence-corrected chi connectivity index (χ0v) is 18.9. The summed E-state index contributed by atoms with van der Waals surface area (Å²) in [4.78, 5) is 42.1. The quantitative estimate of drug-likeness (QED) is 0.414.